The van der Waals surface area contributed by atoms with Gasteiger partial charge in [0.05, 0.1) is 0 Å². The van der Waals surface area contributed by atoms with E-state index in [0.29, 0.717) is 11.8 Å². The fraction of sp³-hybridized carbons (Fsp3) is 0.625. The van der Waals surface area contributed by atoms with Gasteiger partial charge in [0, 0.05) is 23.8 Å². The zero-order chi connectivity index (χ0) is 13.5. The molecule has 0 amide bonds. The lowest BCUT2D eigenvalue weighted by molar-refractivity contribution is 0.366. The highest BCUT2D eigenvalue weighted by atomic mass is 35.5. The van der Waals surface area contributed by atoms with Crippen molar-refractivity contribution >= 4 is 11.6 Å². The molecule has 19 heavy (non-hydrogen) atoms. The Bertz CT molecular complexity index is 392. The van der Waals surface area contributed by atoms with E-state index in [1.54, 1.807) is 5.54 Å². The quantitative estimate of drug-likeness (QED) is 0.770. The van der Waals surface area contributed by atoms with Crippen molar-refractivity contribution in [1.29, 1.82) is 0 Å². The molecule has 0 atom stereocenters. The lowest BCUT2D eigenvalue weighted by Gasteiger charge is -2.25. The first-order valence-electron chi connectivity index (χ1n) is 7.41. The normalized spacial score (nSPS) is 23.9. The lowest BCUT2D eigenvalue weighted by atomic mass is 9.81. The molecule has 3 heteroatoms. The summed E-state index contributed by atoms with van der Waals surface area (Å²) < 4.78 is 0. The highest BCUT2D eigenvalue weighted by molar-refractivity contribution is 6.25. The SMILES string of the molecule is CCCCc1cnc([C@H]2CC[C@H](/C=C/Cl)CC2)nc1. The number of hydrogen-bond acceptors (Lipinski definition) is 2. The molecule has 0 saturated heterocycles. The van der Waals surface area contributed by atoms with Crippen LogP contribution in [0.15, 0.2) is 24.0 Å². The Balaban J connectivity index is 1.89. The van der Waals surface area contributed by atoms with Crippen molar-refractivity contribution < 1.29 is 0 Å². The summed E-state index contributed by atoms with van der Waals surface area (Å²) >= 11 is 5.64. The van der Waals surface area contributed by atoms with Gasteiger partial charge in [0.15, 0.2) is 0 Å². The summed E-state index contributed by atoms with van der Waals surface area (Å²) in [6.07, 6.45) is 14.5. The molecule has 1 aliphatic rings. The number of nitrogens with zero attached hydrogens (tertiary/aromatic N) is 2. The fourth-order valence-corrected chi connectivity index (χ4v) is 2.96. The minimum absolute atomic E-state index is 0.542. The van der Waals surface area contributed by atoms with Crippen LogP contribution in [0.25, 0.3) is 0 Å². The number of allylic oxidation sites excluding steroid dienone is 1. The molecule has 104 valence electrons. The summed E-state index contributed by atoms with van der Waals surface area (Å²) in [5.41, 5.74) is 2.92. The number of unbranched alkanes of at least 4 members (excludes halogenated alkanes) is 1. The van der Waals surface area contributed by atoms with Crippen LogP contribution in [0.1, 0.15) is 62.8 Å². The van der Waals surface area contributed by atoms with Gasteiger partial charge in [-0.2, -0.15) is 0 Å². The number of hydrogen-bond donors (Lipinski definition) is 0. The van der Waals surface area contributed by atoms with E-state index in [0.717, 1.165) is 12.2 Å². The number of halogens is 1. The zero-order valence-corrected chi connectivity index (χ0v) is 12.4. The van der Waals surface area contributed by atoms with Gasteiger partial charge in [-0.3, -0.25) is 0 Å². The van der Waals surface area contributed by atoms with Crippen molar-refractivity contribution in [1.82, 2.24) is 9.97 Å². The molecule has 0 aliphatic heterocycles. The lowest BCUT2D eigenvalue weighted by Crippen LogP contribution is -2.14. The van der Waals surface area contributed by atoms with E-state index < -0.39 is 0 Å². The summed E-state index contributed by atoms with van der Waals surface area (Å²) in [5.74, 6) is 2.23. The van der Waals surface area contributed by atoms with Crippen LogP contribution in [0, 0.1) is 5.92 Å². The molecule has 1 saturated carbocycles. The second-order valence-corrected chi connectivity index (χ2v) is 5.74. The first-order valence-corrected chi connectivity index (χ1v) is 7.84. The van der Waals surface area contributed by atoms with E-state index in [-0.39, 0.29) is 0 Å². The summed E-state index contributed by atoms with van der Waals surface area (Å²) in [4.78, 5) is 9.14. The molecular formula is C16H23ClN2. The minimum atomic E-state index is 0.542. The topological polar surface area (TPSA) is 25.8 Å². The third kappa shape index (κ3) is 4.31. The van der Waals surface area contributed by atoms with Crippen LogP contribution < -0.4 is 0 Å². The Kier molecular flexibility index (Phi) is 5.84. The van der Waals surface area contributed by atoms with Crippen molar-refractivity contribution in [3.05, 3.63) is 35.4 Å². The Morgan fingerprint density at radius 2 is 1.89 bits per heavy atom. The predicted octanol–water partition coefficient (Wildman–Crippen LogP) is 4.85. The van der Waals surface area contributed by atoms with Crippen LogP contribution in [0.5, 0.6) is 0 Å². The molecule has 1 aromatic rings. The highest BCUT2D eigenvalue weighted by Gasteiger charge is 2.22. The van der Waals surface area contributed by atoms with Crippen molar-refractivity contribution in [3.63, 3.8) is 0 Å². The van der Waals surface area contributed by atoms with Gasteiger partial charge in [0.2, 0.25) is 0 Å². The average molecular weight is 279 g/mol. The van der Waals surface area contributed by atoms with Gasteiger partial charge in [0.25, 0.3) is 0 Å². The second kappa shape index (κ2) is 7.64. The molecule has 1 heterocycles. The summed E-state index contributed by atoms with van der Waals surface area (Å²) in [6, 6.07) is 0. The maximum absolute atomic E-state index is 5.64. The van der Waals surface area contributed by atoms with Crippen molar-refractivity contribution in [2.45, 2.75) is 57.8 Å². The smallest absolute Gasteiger partial charge is 0.131 e. The Hall–Kier alpha value is -0.890. The van der Waals surface area contributed by atoms with Crippen molar-refractivity contribution in [2.24, 2.45) is 5.92 Å². The van der Waals surface area contributed by atoms with Gasteiger partial charge < -0.3 is 0 Å². The van der Waals surface area contributed by atoms with Crippen LogP contribution in [-0.4, -0.2) is 9.97 Å². The minimum Gasteiger partial charge on any atom is -0.241 e. The maximum atomic E-state index is 5.64. The molecule has 0 unspecified atom stereocenters. The molecule has 0 bridgehead atoms. The van der Waals surface area contributed by atoms with Crippen LogP contribution in [-0.2, 0) is 6.42 Å². The van der Waals surface area contributed by atoms with E-state index in [4.69, 9.17) is 11.6 Å². The monoisotopic (exact) mass is 278 g/mol. The van der Waals surface area contributed by atoms with Gasteiger partial charge in [-0.1, -0.05) is 31.0 Å². The fourth-order valence-electron chi connectivity index (χ4n) is 2.76. The number of aryl methyl sites for hydroxylation is 1. The Morgan fingerprint density at radius 1 is 1.21 bits per heavy atom. The van der Waals surface area contributed by atoms with E-state index in [1.807, 2.05) is 12.4 Å². The predicted molar refractivity (Wildman–Crippen MR) is 80.3 cm³/mol. The standard InChI is InChI=1S/C16H23ClN2/c1-2-3-4-14-11-18-16(19-12-14)15-7-5-13(6-8-15)9-10-17/h9-13,15H,2-8H2,1H3/b10-9+/t13-,15-. The van der Waals surface area contributed by atoms with Gasteiger partial charge in [0.1, 0.15) is 5.82 Å². The first-order chi connectivity index (χ1) is 9.33. The van der Waals surface area contributed by atoms with Crippen molar-refractivity contribution in [3.8, 4) is 0 Å². The second-order valence-electron chi connectivity index (χ2n) is 5.48. The number of aromatic nitrogens is 2. The van der Waals surface area contributed by atoms with E-state index >= 15 is 0 Å². The molecule has 0 radical (unpaired) electrons. The summed E-state index contributed by atoms with van der Waals surface area (Å²) in [5, 5.41) is 0. The molecule has 1 fully saturated rings. The summed E-state index contributed by atoms with van der Waals surface area (Å²) in [6.45, 7) is 2.21. The van der Waals surface area contributed by atoms with Gasteiger partial charge in [-0.15, -0.1) is 0 Å². The number of rotatable bonds is 5. The highest BCUT2D eigenvalue weighted by Crippen LogP contribution is 2.34. The molecule has 0 aromatic carbocycles. The zero-order valence-electron chi connectivity index (χ0n) is 11.7. The van der Waals surface area contributed by atoms with E-state index in [9.17, 15) is 0 Å². The molecule has 2 rings (SSSR count). The maximum Gasteiger partial charge on any atom is 0.131 e. The van der Waals surface area contributed by atoms with Crippen LogP contribution in [0.2, 0.25) is 0 Å². The Morgan fingerprint density at radius 3 is 2.47 bits per heavy atom. The average Bonchev–Trinajstić information content (AvgIpc) is 2.47. The first kappa shape index (κ1) is 14.5. The Labute approximate surface area is 121 Å². The molecule has 1 aliphatic carbocycles. The molecular weight excluding hydrogens is 256 g/mol. The van der Waals surface area contributed by atoms with Gasteiger partial charge in [-0.05, 0) is 50.0 Å². The molecule has 1 aromatic heterocycles. The molecule has 0 N–H and O–H groups in total. The third-order valence-electron chi connectivity index (χ3n) is 4.03. The molecule has 2 nitrogen and oxygen atoms in total. The van der Waals surface area contributed by atoms with Gasteiger partial charge in [-0.25, -0.2) is 9.97 Å². The van der Waals surface area contributed by atoms with Crippen LogP contribution in [0.4, 0.5) is 0 Å². The molecule has 0 spiro atoms. The van der Waals surface area contributed by atoms with E-state index in [1.165, 1.54) is 44.1 Å². The van der Waals surface area contributed by atoms with Crippen LogP contribution in [0.3, 0.4) is 0 Å². The third-order valence-corrected chi connectivity index (χ3v) is 4.17. The largest absolute Gasteiger partial charge is 0.241 e. The van der Waals surface area contributed by atoms with Crippen LogP contribution >= 0.6 is 11.6 Å². The van der Waals surface area contributed by atoms with Gasteiger partial charge >= 0.3 is 0 Å². The van der Waals surface area contributed by atoms with Crippen molar-refractivity contribution in [2.75, 3.05) is 0 Å². The summed E-state index contributed by atoms with van der Waals surface area (Å²) in [7, 11) is 0. The van der Waals surface area contributed by atoms with E-state index in [2.05, 4.69) is 23.0 Å².